The van der Waals surface area contributed by atoms with E-state index in [-0.39, 0.29) is 0 Å². The van der Waals surface area contributed by atoms with Crippen LogP contribution in [0.15, 0.2) is 0 Å². The summed E-state index contributed by atoms with van der Waals surface area (Å²) < 4.78 is 6.94. The van der Waals surface area contributed by atoms with Crippen LogP contribution < -0.4 is 0 Å². The first kappa shape index (κ1) is 12.7. The van der Waals surface area contributed by atoms with Crippen molar-refractivity contribution in [2.75, 3.05) is 13.7 Å². The van der Waals surface area contributed by atoms with Crippen LogP contribution in [0.2, 0.25) is 0 Å². The Labute approximate surface area is 96.0 Å². The maximum Gasteiger partial charge on any atom is 0.100 e. The summed E-state index contributed by atoms with van der Waals surface area (Å²) in [6.07, 6.45) is 1.07. The molecule has 1 rings (SSSR count). The summed E-state index contributed by atoms with van der Waals surface area (Å²) in [5.41, 5.74) is 1.80. The summed E-state index contributed by atoms with van der Waals surface area (Å²) in [5, 5.41) is 16.8. The Kier molecular flexibility index (Phi) is 4.93. The molecule has 0 bridgehead atoms. The van der Waals surface area contributed by atoms with Gasteiger partial charge in [0, 0.05) is 20.1 Å². The van der Waals surface area contributed by atoms with Crippen LogP contribution in [0.25, 0.3) is 0 Å². The third-order valence-electron chi connectivity index (χ3n) is 2.25. The lowest BCUT2D eigenvalue weighted by atomic mass is 10.2. The first-order chi connectivity index (χ1) is 7.69. The van der Waals surface area contributed by atoms with Gasteiger partial charge in [0.15, 0.2) is 0 Å². The number of hydrogen-bond acceptors (Lipinski definition) is 4. The van der Waals surface area contributed by atoms with E-state index in [0.29, 0.717) is 18.9 Å². The first-order valence-electron chi connectivity index (χ1n) is 5.46. The van der Waals surface area contributed by atoms with Crippen molar-refractivity contribution in [2.24, 2.45) is 5.92 Å². The molecule has 0 amide bonds. The van der Waals surface area contributed by atoms with Crippen molar-refractivity contribution < 1.29 is 4.74 Å². The second-order valence-corrected chi connectivity index (χ2v) is 4.14. The van der Waals surface area contributed by atoms with Gasteiger partial charge in [-0.2, -0.15) is 5.26 Å². The lowest BCUT2D eigenvalue weighted by molar-refractivity contribution is 0.199. The minimum absolute atomic E-state index is 0.317. The van der Waals surface area contributed by atoms with Gasteiger partial charge in [0.25, 0.3) is 0 Å². The molecule has 0 N–H and O–H groups in total. The molecule has 0 spiro atoms. The average Bonchev–Trinajstić information content (AvgIpc) is 2.58. The van der Waals surface area contributed by atoms with Gasteiger partial charge in [-0.15, -0.1) is 5.10 Å². The molecule has 0 saturated carbocycles. The predicted molar refractivity (Wildman–Crippen MR) is 59.8 cm³/mol. The van der Waals surface area contributed by atoms with Crippen LogP contribution >= 0.6 is 0 Å². The van der Waals surface area contributed by atoms with Crippen LogP contribution in [0.4, 0.5) is 0 Å². The number of hydrogen-bond donors (Lipinski definition) is 0. The van der Waals surface area contributed by atoms with E-state index in [4.69, 9.17) is 10.00 Å². The van der Waals surface area contributed by atoms with Gasteiger partial charge in [-0.3, -0.25) is 0 Å². The maximum absolute atomic E-state index is 8.70. The fourth-order valence-corrected chi connectivity index (χ4v) is 1.55. The summed E-state index contributed by atoms with van der Waals surface area (Å²) in [5.74, 6) is 0.512. The zero-order valence-corrected chi connectivity index (χ0v) is 10.1. The molecule has 0 aliphatic carbocycles. The highest BCUT2D eigenvalue weighted by Crippen LogP contribution is 2.10. The van der Waals surface area contributed by atoms with Gasteiger partial charge in [0.05, 0.1) is 24.8 Å². The highest BCUT2D eigenvalue weighted by atomic mass is 16.5. The number of rotatable bonds is 6. The lowest BCUT2D eigenvalue weighted by Gasteiger charge is -2.09. The van der Waals surface area contributed by atoms with E-state index in [0.717, 1.165) is 24.4 Å². The number of ether oxygens (including phenoxy) is 1. The maximum atomic E-state index is 8.70. The number of nitriles is 1. The molecule has 0 fully saturated rings. The van der Waals surface area contributed by atoms with Gasteiger partial charge in [-0.05, 0) is 5.92 Å². The summed E-state index contributed by atoms with van der Waals surface area (Å²) in [4.78, 5) is 0. The van der Waals surface area contributed by atoms with E-state index >= 15 is 0 Å². The molecule has 16 heavy (non-hydrogen) atoms. The fraction of sp³-hybridized carbons (Fsp3) is 0.727. The predicted octanol–water partition coefficient (Wildman–Crippen LogP) is 1.19. The Hall–Kier alpha value is -1.41. The van der Waals surface area contributed by atoms with Crippen LogP contribution in [-0.2, 0) is 24.1 Å². The van der Waals surface area contributed by atoms with Crippen molar-refractivity contribution in [3.63, 3.8) is 0 Å². The fourth-order valence-electron chi connectivity index (χ4n) is 1.55. The minimum atomic E-state index is 0.317. The van der Waals surface area contributed by atoms with Gasteiger partial charge >= 0.3 is 0 Å². The molecule has 0 aliphatic rings. The Morgan fingerprint density at radius 3 is 2.81 bits per heavy atom. The molecule has 0 atom stereocenters. The van der Waals surface area contributed by atoms with Crippen molar-refractivity contribution in [2.45, 2.75) is 33.2 Å². The number of nitrogens with zero attached hydrogens (tertiary/aromatic N) is 4. The SMILES string of the molecule is COCCc1c(CC#N)nnn1CC(C)C. The Bertz CT molecular complexity index is 365. The number of methoxy groups -OCH3 is 1. The average molecular weight is 222 g/mol. The quantitative estimate of drug-likeness (QED) is 0.725. The third kappa shape index (κ3) is 3.31. The Balaban J connectivity index is 2.85. The number of aromatic nitrogens is 3. The van der Waals surface area contributed by atoms with Gasteiger partial charge in [0.1, 0.15) is 5.69 Å². The van der Waals surface area contributed by atoms with Crippen LogP contribution in [0, 0.1) is 17.2 Å². The molecular formula is C11H18N4O. The molecule has 1 heterocycles. The third-order valence-corrected chi connectivity index (χ3v) is 2.25. The molecule has 1 aromatic rings. The van der Waals surface area contributed by atoms with Crippen molar-refractivity contribution in [1.82, 2.24) is 15.0 Å². The lowest BCUT2D eigenvalue weighted by Crippen LogP contribution is -2.12. The molecule has 0 unspecified atom stereocenters. The van der Waals surface area contributed by atoms with Gasteiger partial charge in [-0.25, -0.2) is 4.68 Å². The van der Waals surface area contributed by atoms with Gasteiger partial charge in [-0.1, -0.05) is 19.1 Å². The van der Waals surface area contributed by atoms with Crippen LogP contribution in [0.3, 0.4) is 0 Å². The largest absolute Gasteiger partial charge is 0.384 e. The van der Waals surface area contributed by atoms with E-state index in [1.165, 1.54) is 0 Å². The van der Waals surface area contributed by atoms with Crippen LogP contribution in [-0.4, -0.2) is 28.7 Å². The van der Waals surface area contributed by atoms with Gasteiger partial charge < -0.3 is 4.74 Å². The zero-order chi connectivity index (χ0) is 12.0. The highest BCUT2D eigenvalue weighted by molar-refractivity contribution is 5.14. The zero-order valence-electron chi connectivity index (χ0n) is 10.1. The second-order valence-electron chi connectivity index (χ2n) is 4.14. The van der Waals surface area contributed by atoms with Crippen LogP contribution in [0.5, 0.6) is 0 Å². The van der Waals surface area contributed by atoms with Crippen molar-refractivity contribution in [3.8, 4) is 6.07 Å². The van der Waals surface area contributed by atoms with E-state index in [1.807, 2.05) is 4.68 Å². The topological polar surface area (TPSA) is 63.7 Å². The molecule has 0 radical (unpaired) electrons. The molecule has 5 nitrogen and oxygen atoms in total. The standard InChI is InChI=1S/C11H18N4O/c1-9(2)8-15-11(5-7-16-3)10(4-6-12)13-14-15/h9H,4-5,7-8H2,1-3H3. The van der Waals surface area contributed by atoms with E-state index in [1.54, 1.807) is 7.11 Å². The minimum Gasteiger partial charge on any atom is -0.384 e. The van der Waals surface area contributed by atoms with E-state index in [2.05, 4.69) is 30.2 Å². The normalized spacial score (nSPS) is 10.7. The summed E-state index contributed by atoms with van der Waals surface area (Å²) >= 11 is 0. The molecule has 0 aliphatic heterocycles. The van der Waals surface area contributed by atoms with Gasteiger partial charge in [0.2, 0.25) is 0 Å². The van der Waals surface area contributed by atoms with E-state index in [9.17, 15) is 0 Å². The molecule has 0 saturated heterocycles. The first-order valence-corrected chi connectivity index (χ1v) is 5.46. The monoisotopic (exact) mass is 222 g/mol. The molecule has 1 aromatic heterocycles. The molecular weight excluding hydrogens is 204 g/mol. The van der Waals surface area contributed by atoms with Crippen molar-refractivity contribution in [3.05, 3.63) is 11.4 Å². The molecule has 88 valence electrons. The summed E-state index contributed by atoms with van der Waals surface area (Å²) in [7, 11) is 1.67. The van der Waals surface area contributed by atoms with Crippen molar-refractivity contribution in [1.29, 1.82) is 5.26 Å². The summed E-state index contributed by atoms with van der Waals surface area (Å²) in [6, 6.07) is 2.11. The summed E-state index contributed by atoms with van der Waals surface area (Å²) in [6.45, 7) is 5.72. The Morgan fingerprint density at radius 1 is 1.50 bits per heavy atom. The van der Waals surface area contributed by atoms with Crippen molar-refractivity contribution >= 4 is 0 Å². The molecule has 5 heteroatoms. The second kappa shape index (κ2) is 6.23. The Morgan fingerprint density at radius 2 is 2.25 bits per heavy atom. The molecule has 0 aromatic carbocycles. The van der Waals surface area contributed by atoms with Crippen LogP contribution in [0.1, 0.15) is 25.2 Å². The highest BCUT2D eigenvalue weighted by Gasteiger charge is 2.12. The smallest absolute Gasteiger partial charge is 0.100 e. The van der Waals surface area contributed by atoms with E-state index < -0.39 is 0 Å².